The van der Waals surface area contributed by atoms with Crippen molar-refractivity contribution in [2.24, 2.45) is 5.84 Å². The fourth-order valence-corrected chi connectivity index (χ4v) is 2.49. The van der Waals surface area contributed by atoms with Gasteiger partial charge in [0.15, 0.2) is 0 Å². The molecule has 0 aliphatic rings. The number of benzene rings is 1. The Morgan fingerprint density at radius 1 is 1.29 bits per heavy atom. The summed E-state index contributed by atoms with van der Waals surface area (Å²) in [4.78, 5) is 18.6. The average molecular weight is 353 g/mol. The van der Waals surface area contributed by atoms with Crippen LogP contribution in [0.15, 0.2) is 22.7 Å². The quantitative estimate of drug-likeness (QED) is 0.439. The van der Waals surface area contributed by atoms with Crippen molar-refractivity contribution in [1.29, 1.82) is 0 Å². The maximum atomic E-state index is 11.2. The highest BCUT2D eigenvalue weighted by atomic mass is 79.9. The molecule has 1 heterocycles. The Balaban J connectivity index is 2.51. The number of hydrazine groups is 1. The van der Waals surface area contributed by atoms with Gasteiger partial charge in [0.2, 0.25) is 11.8 Å². The van der Waals surface area contributed by atoms with Gasteiger partial charge in [-0.2, -0.15) is 4.98 Å². The first-order valence-electron chi connectivity index (χ1n) is 5.94. The van der Waals surface area contributed by atoms with Crippen LogP contribution in [0, 0.1) is 24.0 Å². The minimum absolute atomic E-state index is 0.0814. The molecule has 0 aliphatic carbocycles. The topological polar surface area (TPSA) is 119 Å². The maximum absolute atomic E-state index is 11.2. The first kappa shape index (κ1) is 15.1. The molecule has 0 atom stereocenters. The fourth-order valence-electron chi connectivity index (χ4n) is 1.88. The Morgan fingerprint density at radius 3 is 2.57 bits per heavy atom. The van der Waals surface area contributed by atoms with Crippen LogP contribution in [0.1, 0.15) is 11.3 Å². The third-order valence-corrected chi connectivity index (χ3v) is 3.13. The molecule has 0 saturated carbocycles. The minimum Gasteiger partial charge on any atom is -0.334 e. The van der Waals surface area contributed by atoms with Crippen molar-refractivity contribution in [3.63, 3.8) is 0 Å². The number of anilines is 3. The highest BCUT2D eigenvalue weighted by Gasteiger charge is 2.22. The molecule has 2 aromatic rings. The van der Waals surface area contributed by atoms with Gasteiger partial charge in [-0.3, -0.25) is 15.5 Å². The minimum atomic E-state index is -0.525. The zero-order valence-corrected chi connectivity index (χ0v) is 12.9. The van der Waals surface area contributed by atoms with Crippen LogP contribution < -0.4 is 16.6 Å². The zero-order valence-electron chi connectivity index (χ0n) is 11.3. The molecule has 0 spiro atoms. The van der Waals surface area contributed by atoms with E-state index in [0.29, 0.717) is 5.69 Å². The molecular weight excluding hydrogens is 340 g/mol. The van der Waals surface area contributed by atoms with Gasteiger partial charge in [-0.1, -0.05) is 15.9 Å². The van der Waals surface area contributed by atoms with Crippen molar-refractivity contribution in [2.75, 3.05) is 10.7 Å². The predicted molar refractivity (Wildman–Crippen MR) is 83.4 cm³/mol. The summed E-state index contributed by atoms with van der Waals surface area (Å²) < 4.78 is 0.857. The second kappa shape index (κ2) is 6.02. The van der Waals surface area contributed by atoms with Gasteiger partial charge in [-0.05, 0) is 37.6 Å². The van der Waals surface area contributed by atoms with Crippen LogP contribution >= 0.6 is 15.9 Å². The Morgan fingerprint density at radius 2 is 2.00 bits per heavy atom. The molecule has 0 saturated heterocycles. The van der Waals surface area contributed by atoms with Crippen molar-refractivity contribution in [1.82, 2.24) is 9.97 Å². The number of nitrogens with one attached hydrogen (secondary N) is 2. The molecule has 2 rings (SSSR count). The van der Waals surface area contributed by atoms with Crippen LogP contribution in [-0.2, 0) is 0 Å². The number of nitro groups is 1. The normalized spacial score (nSPS) is 10.3. The molecule has 0 aliphatic heterocycles. The van der Waals surface area contributed by atoms with Crippen molar-refractivity contribution in [3.05, 3.63) is 44.0 Å². The van der Waals surface area contributed by atoms with E-state index in [-0.39, 0.29) is 23.1 Å². The smallest absolute Gasteiger partial charge is 0.332 e. The Hall–Kier alpha value is -2.26. The summed E-state index contributed by atoms with van der Waals surface area (Å²) in [6.45, 7) is 3.44. The third-order valence-electron chi connectivity index (χ3n) is 2.67. The zero-order chi connectivity index (χ0) is 15.6. The molecular formula is C12H13BrN6O2. The number of hydrogen-bond acceptors (Lipinski definition) is 7. The standard InChI is InChI=1S/C12H13BrN6O2/c1-6-3-8(13)5-9(4-6)16-11-10(19(20)21)7(2)15-12(17-11)18-14/h3-5H,14H2,1-2H3,(H2,15,16,17,18). The van der Waals surface area contributed by atoms with Crippen molar-refractivity contribution < 1.29 is 4.92 Å². The van der Waals surface area contributed by atoms with Crippen LogP contribution in [-0.4, -0.2) is 14.9 Å². The van der Waals surface area contributed by atoms with E-state index >= 15 is 0 Å². The number of aryl methyl sites for hydroxylation is 2. The van der Waals surface area contributed by atoms with E-state index in [9.17, 15) is 10.1 Å². The van der Waals surface area contributed by atoms with E-state index < -0.39 is 4.92 Å². The number of aromatic nitrogens is 2. The van der Waals surface area contributed by atoms with E-state index in [0.717, 1.165) is 10.0 Å². The number of nitrogens with zero attached hydrogens (tertiary/aromatic N) is 3. The average Bonchev–Trinajstić information content (AvgIpc) is 2.36. The van der Waals surface area contributed by atoms with E-state index in [2.05, 4.69) is 36.6 Å². The second-order valence-corrected chi connectivity index (χ2v) is 5.29. The Labute approximate surface area is 129 Å². The third kappa shape index (κ3) is 3.44. The number of halogens is 1. The molecule has 9 heteroatoms. The molecule has 0 unspecified atom stereocenters. The van der Waals surface area contributed by atoms with Crippen LogP contribution in [0.5, 0.6) is 0 Å². The lowest BCUT2D eigenvalue weighted by atomic mass is 10.2. The van der Waals surface area contributed by atoms with E-state index in [4.69, 9.17) is 5.84 Å². The van der Waals surface area contributed by atoms with Crippen LogP contribution in [0.2, 0.25) is 0 Å². The summed E-state index contributed by atoms with van der Waals surface area (Å²) in [6, 6.07) is 5.57. The number of nitrogen functional groups attached to an aromatic ring is 1. The highest BCUT2D eigenvalue weighted by molar-refractivity contribution is 9.10. The summed E-state index contributed by atoms with van der Waals surface area (Å²) >= 11 is 3.38. The summed E-state index contributed by atoms with van der Waals surface area (Å²) in [7, 11) is 0. The molecule has 0 amide bonds. The maximum Gasteiger partial charge on any atom is 0.332 e. The van der Waals surface area contributed by atoms with Gasteiger partial charge < -0.3 is 5.32 Å². The largest absolute Gasteiger partial charge is 0.334 e. The number of nitrogens with two attached hydrogens (primary N) is 1. The lowest BCUT2D eigenvalue weighted by molar-refractivity contribution is -0.385. The molecule has 0 fully saturated rings. The van der Waals surface area contributed by atoms with E-state index in [1.807, 2.05) is 19.1 Å². The molecule has 110 valence electrons. The molecule has 21 heavy (non-hydrogen) atoms. The Bertz CT molecular complexity index is 686. The van der Waals surface area contributed by atoms with Crippen LogP contribution in [0.4, 0.5) is 23.1 Å². The van der Waals surface area contributed by atoms with Gasteiger partial charge >= 0.3 is 5.69 Å². The predicted octanol–water partition coefficient (Wildman–Crippen LogP) is 2.79. The molecule has 4 N–H and O–H groups in total. The van der Waals surface area contributed by atoms with Gasteiger partial charge in [0.1, 0.15) is 5.69 Å². The van der Waals surface area contributed by atoms with Gasteiger partial charge in [0, 0.05) is 10.2 Å². The fraction of sp³-hybridized carbons (Fsp3) is 0.167. The molecule has 0 radical (unpaired) electrons. The van der Waals surface area contributed by atoms with E-state index in [1.165, 1.54) is 6.92 Å². The van der Waals surface area contributed by atoms with Gasteiger partial charge in [-0.25, -0.2) is 10.8 Å². The monoisotopic (exact) mass is 352 g/mol. The number of rotatable bonds is 4. The molecule has 1 aromatic carbocycles. The Kier molecular flexibility index (Phi) is 4.34. The number of hydrogen-bond donors (Lipinski definition) is 3. The molecule has 8 nitrogen and oxygen atoms in total. The lowest BCUT2D eigenvalue weighted by Gasteiger charge is -2.10. The summed E-state index contributed by atoms with van der Waals surface area (Å²) in [6.07, 6.45) is 0. The first-order chi connectivity index (χ1) is 9.90. The van der Waals surface area contributed by atoms with Gasteiger partial charge in [-0.15, -0.1) is 0 Å². The highest BCUT2D eigenvalue weighted by Crippen LogP contribution is 2.30. The molecule has 1 aromatic heterocycles. The van der Waals surface area contributed by atoms with Crippen molar-refractivity contribution in [2.45, 2.75) is 13.8 Å². The van der Waals surface area contributed by atoms with Gasteiger partial charge in [0.25, 0.3) is 0 Å². The van der Waals surface area contributed by atoms with Crippen molar-refractivity contribution >= 4 is 39.1 Å². The SMILES string of the molecule is Cc1cc(Br)cc(Nc2nc(NN)nc(C)c2[N+](=O)[O-])c1. The summed E-state index contributed by atoms with van der Waals surface area (Å²) in [5.41, 5.74) is 3.99. The van der Waals surface area contributed by atoms with E-state index in [1.54, 1.807) is 6.07 Å². The summed E-state index contributed by atoms with van der Waals surface area (Å²) in [5, 5.41) is 14.1. The first-order valence-corrected chi connectivity index (χ1v) is 6.74. The van der Waals surface area contributed by atoms with Crippen molar-refractivity contribution in [3.8, 4) is 0 Å². The van der Waals surface area contributed by atoms with Crippen LogP contribution in [0.3, 0.4) is 0 Å². The second-order valence-electron chi connectivity index (χ2n) is 4.37. The van der Waals surface area contributed by atoms with Crippen LogP contribution in [0.25, 0.3) is 0 Å². The molecule has 0 bridgehead atoms. The van der Waals surface area contributed by atoms with Gasteiger partial charge in [0.05, 0.1) is 4.92 Å². The lowest BCUT2D eigenvalue weighted by Crippen LogP contribution is -2.13. The summed E-state index contributed by atoms with van der Waals surface area (Å²) in [5.74, 6) is 5.46.